The molecule has 0 aromatic rings. The largest absolute Gasteiger partial charge is 0.213 e. The van der Waals surface area contributed by atoms with E-state index in [1.54, 1.807) is 0 Å². The normalized spacial score (nSPS) is 11.2. The predicted molar refractivity (Wildman–Crippen MR) is 42.0 cm³/mol. The van der Waals surface area contributed by atoms with Gasteiger partial charge in [-0.25, -0.2) is 4.39 Å². The van der Waals surface area contributed by atoms with Crippen LogP contribution in [0.2, 0.25) is 0 Å². The highest BCUT2D eigenvalue weighted by Gasteiger charge is 1.85. The molecule has 0 aromatic heterocycles. The second-order valence-corrected chi connectivity index (χ2v) is 2.66. The zero-order valence-corrected chi connectivity index (χ0v) is 7.14. The van der Waals surface area contributed by atoms with Gasteiger partial charge in [0.15, 0.2) is 0 Å². The van der Waals surface area contributed by atoms with Crippen molar-refractivity contribution in [2.24, 2.45) is 0 Å². The first-order valence-corrected chi connectivity index (χ1v) is 3.48. The number of hydrogen-bond acceptors (Lipinski definition) is 0. The summed E-state index contributed by atoms with van der Waals surface area (Å²) in [5, 5.41) is 0.122. The third-order valence-electron chi connectivity index (χ3n) is 0.213. The first-order valence-electron chi connectivity index (χ1n) is 2.51. The van der Waals surface area contributed by atoms with Crippen LogP contribution in [0.1, 0.15) is 13.8 Å². The van der Waals surface area contributed by atoms with Gasteiger partial charge in [-0.1, -0.05) is 6.58 Å². The molecule has 0 saturated carbocycles. The predicted octanol–water partition coefficient (Wildman–Crippen LogP) is 3.34. The average Bonchev–Trinajstić information content (AvgIpc) is 1.65. The van der Waals surface area contributed by atoms with E-state index in [1.165, 1.54) is 6.92 Å². The minimum absolute atomic E-state index is 0.122. The van der Waals surface area contributed by atoms with Crippen LogP contribution in [0.4, 0.5) is 4.39 Å². The second-order valence-electron chi connectivity index (χ2n) is 1.61. The van der Waals surface area contributed by atoms with Gasteiger partial charge in [-0.15, -0.1) is 23.2 Å². The number of hydrogen-bond donors (Lipinski definition) is 0. The van der Waals surface area contributed by atoms with Crippen LogP contribution in [0.25, 0.3) is 0 Å². The van der Waals surface area contributed by atoms with Gasteiger partial charge in [0.25, 0.3) is 0 Å². The summed E-state index contributed by atoms with van der Waals surface area (Å²) in [6.07, 6.45) is 0. The van der Waals surface area contributed by atoms with Crippen molar-refractivity contribution < 1.29 is 4.39 Å². The van der Waals surface area contributed by atoms with E-state index in [0.29, 0.717) is 5.88 Å². The van der Waals surface area contributed by atoms with Crippen molar-refractivity contribution in [1.29, 1.82) is 0 Å². The lowest BCUT2D eigenvalue weighted by molar-refractivity contribution is 0.645. The molecule has 9 heavy (non-hydrogen) atoms. The van der Waals surface area contributed by atoms with E-state index < -0.39 is 0 Å². The highest BCUT2D eigenvalue weighted by atomic mass is 35.5. The zero-order valence-electron chi connectivity index (χ0n) is 5.63. The van der Waals surface area contributed by atoms with Gasteiger partial charge in [-0.05, 0) is 13.8 Å². The molecule has 0 N–H and O–H groups in total. The summed E-state index contributed by atoms with van der Waals surface area (Å²) in [7, 11) is 0. The lowest BCUT2D eigenvalue weighted by Crippen LogP contribution is -1.87. The summed E-state index contributed by atoms with van der Waals surface area (Å²) in [5.74, 6) is 0.210. The van der Waals surface area contributed by atoms with Crippen molar-refractivity contribution in [1.82, 2.24) is 0 Å². The molecule has 0 spiro atoms. The fourth-order valence-electron chi connectivity index (χ4n) is 0. The molecule has 0 aliphatic carbocycles. The third kappa shape index (κ3) is 63.7. The van der Waals surface area contributed by atoms with Gasteiger partial charge in [0.05, 0.1) is 5.83 Å². The molecular formula is C6H11Cl2F. The van der Waals surface area contributed by atoms with E-state index in [4.69, 9.17) is 23.2 Å². The summed E-state index contributed by atoms with van der Waals surface area (Å²) in [6, 6.07) is 0. The van der Waals surface area contributed by atoms with E-state index in [0.717, 1.165) is 0 Å². The molecule has 0 radical (unpaired) electrons. The Balaban J connectivity index is 0. The van der Waals surface area contributed by atoms with E-state index in [-0.39, 0.29) is 11.2 Å². The minimum atomic E-state index is -0.333. The third-order valence-corrected chi connectivity index (χ3v) is 0.988. The number of alkyl halides is 2. The second kappa shape index (κ2) is 8.25. The summed E-state index contributed by atoms with van der Waals surface area (Å²) in [6.45, 7) is 6.05. The Kier molecular flexibility index (Phi) is 11.0. The van der Waals surface area contributed by atoms with Gasteiger partial charge in [0, 0.05) is 11.3 Å². The van der Waals surface area contributed by atoms with E-state index in [1.807, 2.05) is 6.92 Å². The summed E-state index contributed by atoms with van der Waals surface area (Å²) in [4.78, 5) is 0. The molecule has 0 amide bonds. The van der Waals surface area contributed by atoms with Gasteiger partial charge in [-0.3, -0.25) is 0 Å². The molecule has 0 fully saturated rings. The first-order chi connectivity index (χ1) is 4.00. The number of rotatable bonds is 1. The van der Waals surface area contributed by atoms with Crippen LogP contribution in [0, 0.1) is 0 Å². The molecule has 3 heteroatoms. The van der Waals surface area contributed by atoms with E-state index >= 15 is 0 Å². The van der Waals surface area contributed by atoms with Crippen molar-refractivity contribution in [3.05, 3.63) is 12.4 Å². The fraction of sp³-hybridized carbons (Fsp3) is 0.667. The van der Waals surface area contributed by atoms with Crippen LogP contribution < -0.4 is 0 Å². The zero-order chi connectivity index (χ0) is 7.86. The van der Waals surface area contributed by atoms with Crippen molar-refractivity contribution in [3.8, 4) is 0 Å². The van der Waals surface area contributed by atoms with E-state index in [9.17, 15) is 4.39 Å². The lowest BCUT2D eigenvalue weighted by atomic mass is 10.6. The van der Waals surface area contributed by atoms with Gasteiger partial charge in [0.2, 0.25) is 0 Å². The molecule has 0 aromatic carbocycles. The molecule has 0 bridgehead atoms. The van der Waals surface area contributed by atoms with Crippen LogP contribution in [-0.4, -0.2) is 11.3 Å². The van der Waals surface area contributed by atoms with Crippen LogP contribution in [0.5, 0.6) is 0 Å². The topological polar surface area (TPSA) is 0 Å². The Bertz CT molecular complexity index is 67.5. The fourth-order valence-corrected chi connectivity index (χ4v) is 0. The first kappa shape index (κ1) is 12.0. The molecule has 0 heterocycles. The molecule has 0 rings (SSSR count). The maximum Gasteiger partial charge on any atom is 0.0897 e. The maximum atomic E-state index is 10.8. The molecule has 56 valence electrons. The smallest absolute Gasteiger partial charge is 0.0897 e. The molecule has 0 aliphatic heterocycles. The van der Waals surface area contributed by atoms with Crippen LogP contribution in [-0.2, 0) is 0 Å². The quantitative estimate of drug-likeness (QED) is 0.533. The Hall–Kier alpha value is 0.250. The molecule has 0 nitrogen and oxygen atoms in total. The van der Waals surface area contributed by atoms with E-state index in [2.05, 4.69) is 6.58 Å². The number of halogens is 3. The molecule has 0 saturated heterocycles. The summed E-state index contributed by atoms with van der Waals surface area (Å²) >= 11 is 10.5. The Morgan fingerprint density at radius 3 is 1.89 bits per heavy atom. The summed E-state index contributed by atoms with van der Waals surface area (Å²) < 4.78 is 10.8. The van der Waals surface area contributed by atoms with Crippen molar-refractivity contribution in [2.75, 3.05) is 5.88 Å². The van der Waals surface area contributed by atoms with Gasteiger partial charge in [-0.2, -0.15) is 0 Å². The van der Waals surface area contributed by atoms with Crippen LogP contribution in [0.15, 0.2) is 12.4 Å². The van der Waals surface area contributed by atoms with Gasteiger partial charge in [0.1, 0.15) is 0 Å². The summed E-state index contributed by atoms with van der Waals surface area (Å²) in [5.41, 5.74) is 0. The highest BCUT2D eigenvalue weighted by Crippen LogP contribution is 1.93. The molecule has 1 unspecified atom stereocenters. The van der Waals surface area contributed by atoms with Crippen molar-refractivity contribution in [2.45, 2.75) is 19.2 Å². The van der Waals surface area contributed by atoms with Gasteiger partial charge >= 0.3 is 0 Å². The SMILES string of the molecule is C=C(C)F.CC(Cl)CCl. The van der Waals surface area contributed by atoms with Crippen LogP contribution in [0.3, 0.4) is 0 Å². The Morgan fingerprint density at radius 1 is 1.78 bits per heavy atom. The molecule has 1 atom stereocenters. The lowest BCUT2D eigenvalue weighted by Gasteiger charge is -1.85. The highest BCUT2D eigenvalue weighted by molar-refractivity contribution is 6.27. The average molecular weight is 173 g/mol. The Labute approximate surface area is 65.7 Å². The molecule has 0 aliphatic rings. The van der Waals surface area contributed by atoms with Crippen molar-refractivity contribution in [3.63, 3.8) is 0 Å². The Morgan fingerprint density at radius 2 is 1.89 bits per heavy atom. The maximum absolute atomic E-state index is 10.8. The van der Waals surface area contributed by atoms with Crippen molar-refractivity contribution >= 4 is 23.2 Å². The van der Waals surface area contributed by atoms with Gasteiger partial charge < -0.3 is 0 Å². The minimum Gasteiger partial charge on any atom is -0.213 e. The molecular weight excluding hydrogens is 162 g/mol. The monoisotopic (exact) mass is 172 g/mol. The number of allylic oxidation sites excluding steroid dienone is 1. The van der Waals surface area contributed by atoms with Crippen LogP contribution >= 0.6 is 23.2 Å². The standard InChI is InChI=1S/C3H6Cl2.C3H5F/c1-3(5)2-4;1-3(2)4/h3H,2H2,1H3;1H2,2H3.